The highest BCUT2D eigenvalue weighted by atomic mass is 32.2. The van der Waals surface area contributed by atoms with Crippen molar-refractivity contribution < 1.29 is 13.2 Å². The predicted octanol–water partition coefficient (Wildman–Crippen LogP) is 4.11. The van der Waals surface area contributed by atoms with Crippen LogP contribution in [0.15, 0.2) is 47.4 Å². The molecule has 1 N–H and O–H groups in total. The first-order chi connectivity index (χ1) is 14.2. The van der Waals surface area contributed by atoms with Gasteiger partial charge in [-0.3, -0.25) is 9.10 Å². The lowest BCUT2D eigenvalue weighted by Gasteiger charge is -2.28. The van der Waals surface area contributed by atoms with Gasteiger partial charge < -0.3 is 5.32 Å². The van der Waals surface area contributed by atoms with Crippen molar-refractivity contribution in [3.63, 3.8) is 0 Å². The van der Waals surface area contributed by atoms with Crippen LogP contribution < -0.4 is 9.62 Å². The Hall–Kier alpha value is -2.34. The minimum atomic E-state index is -3.87. The Labute approximate surface area is 179 Å². The van der Waals surface area contributed by atoms with E-state index in [1.165, 1.54) is 17.1 Å². The third-order valence-corrected chi connectivity index (χ3v) is 8.38. The first kappa shape index (κ1) is 20.9. The van der Waals surface area contributed by atoms with Crippen LogP contribution >= 0.6 is 0 Å². The van der Waals surface area contributed by atoms with Crippen LogP contribution in [0.25, 0.3) is 0 Å². The number of hydrogen-bond donors (Lipinski definition) is 1. The first-order valence-electron chi connectivity index (χ1n) is 10.7. The molecule has 2 aromatic rings. The molecule has 2 bridgehead atoms. The highest BCUT2D eigenvalue weighted by Crippen LogP contribution is 2.44. The van der Waals surface area contributed by atoms with Crippen LogP contribution in [0, 0.1) is 32.6 Å². The molecule has 160 valence electrons. The molecule has 0 aliphatic heterocycles. The molecule has 0 spiro atoms. The molecule has 2 aliphatic rings. The molecule has 0 unspecified atom stereocenters. The minimum absolute atomic E-state index is 0.180. The Morgan fingerprint density at radius 2 is 1.70 bits per heavy atom. The van der Waals surface area contributed by atoms with Crippen LogP contribution in [0.5, 0.6) is 0 Å². The zero-order valence-corrected chi connectivity index (χ0v) is 18.7. The zero-order chi connectivity index (χ0) is 21.5. The lowest BCUT2D eigenvalue weighted by Crippen LogP contribution is -2.46. The van der Waals surface area contributed by atoms with E-state index in [1.807, 2.05) is 32.9 Å². The molecule has 2 aromatic carbocycles. The number of carbonyl (C=O) groups excluding carboxylic acids is 1. The number of rotatable bonds is 6. The molecule has 2 fully saturated rings. The highest BCUT2D eigenvalue weighted by Gasteiger charge is 2.40. The van der Waals surface area contributed by atoms with E-state index in [-0.39, 0.29) is 23.4 Å². The maximum Gasteiger partial charge on any atom is 0.264 e. The molecule has 0 aromatic heterocycles. The van der Waals surface area contributed by atoms with E-state index in [1.54, 1.807) is 30.3 Å². The van der Waals surface area contributed by atoms with E-state index in [0.717, 1.165) is 29.5 Å². The molecular weight excluding hydrogens is 396 g/mol. The highest BCUT2D eigenvalue weighted by molar-refractivity contribution is 7.92. The molecule has 2 saturated carbocycles. The summed E-state index contributed by atoms with van der Waals surface area (Å²) >= 11 is 0. The van der Waals surface area contributed by atoms with E-state index in [4.69, 9.17) is 0 Å². The summed E-state index contributed by atoms with van der Waals surface area (Å²) in [4.78, 5) is 13.1. The third-order valence-electron chi connectivity index (χ3n) is 6.60. The summed E-state index contributed by atoms with van der Waals surface area (Å²) in [6, 6.07) is 12.6. The Bertz CT molecular complexity index is 1050. The quantitative estimate of drug-likeness (QED) is 0.756. The van der Waals surface area contributed by atoms with E-state index in [9.17, 15) is 13.2 Å². The largest absolute Gasteiger partial charge is 0.352 e. The second-order valence-corrected chi connectivity index (χ2v) is 10.8. The van der Waals surface area contributed by atoms with Crippen LogP contribution in [-0.4, -0.2) is 26.9 Å². The number of aryl methyl sites for hydroxylation is 3. The maximum atomic E-state index is 13.5. The normalized spacial score (nSPS) is 22.8. The van der Waals surface area contributed by atoms with Gasteiger partial charge in [-0.1, -0.05) is 41.8 Å². The van der Waals surface area contributed by atoms with Crippen LogP contribution in [0.1, 0.15) is 42.4 Å². The lowest BCUT2D eigenvalue weighted by molar-refractivity contribution is -0.120. The van der Waals surface area contributed by atoms with Gasteiger partial charge in [0.05, 0.1) is 10.6 Å². The van der Waals surface area contributed by atoms with Gasteiger partial charge in [0.25, 0.3) is 10.0 Å². The van der Waals surface area contributed by atoms with Gasteiger partial charge in [0.2, 0.25) is 5.91 Å². The van der Waals surface area contributed by atoms with Gasteiger partial charge in [-0.2, -0.15) is 0 Å². The second-order valence-electron chi connectivity index (χ2n) is 8.96. The molecular formula is C24H30N2O3S. The standard InChI is InChI=1S/C24H30N2O3S/c1-16-4-9-21(10-5-16)30(28,29)26(23-11-6-17(2)12-18(23)3)15-24(27)25-22-14-19-7-8-20(22)13-19/h4-6,9-12,19-20,22H,7-8,13-15H2,1-3H3,(H,25,27)/t19-,20+,22-/m1/s1. The molecule has 3 atom stereocenters. The predicted molar refractivity (Wildman–Crippen MR) is 119 cm³/mol. The molecule has 0 radical (unpaired) electrons. The second kappa shape index (κ2) is 8.06. The molecule has 4 rings (SSSR count). The maximum absolute atomic E-state index is 13.5. The van der Waals surface area contributed by atoms with Crippen molar-refractivity contribution in [1.29, 1.82) is 0 Å². The first-order valence-corrected chi connectivity index (χ1v) is 12.1. The van der Waals surface area contributed by atoms with Crippen molar-refractivity contribution in [2.24, 2.45) is 11.8 Å². The lowest BCUT2D eigenvalue weighted by atomic mass is 9.95. The van der Waals surface area contributed by atoms with Gasteiger partial charge in [-0.05, 0) is 75.6 Å². The fourth-order valence-corrected chi connectivity index (χ4v) is 6.51. The van der Waals surface area contributed by atoms with E-state index in [2.05, 4.69) is 5.32 Å². The van der Waals surface area contributed by atoms with Gasteiger partial charge in [-0.15, -0.1) is 0 Å². The summed E-state index contributed by atoms with van der Waals surface area (Å²) in [5, 5.41) is 3.13. The van der Waals surface area contributed by atoms with Crippen molar-refractivity contribution in [1.82, 2.24) is 5.32 Å². The van der Waals surface area contributed by atoms with Gasteiger partial charge in [-0.25, -0.2) is 8.42 Å². The minimum Gasteiger partial charge on any atom is -0.352 e. The Morgan fingerprint density at radius 1 is 1.00 bits per heavy atom. The molecule has 5 nitrogen and oxygen atoms in total. The number of fused-ring (bicyclic) bond motifs is 2. The van der Waals surface area contributed by atoms with Crippen molar-refractivity contribution in [2.75, 3.05) is 10.8 Å². The average molecular weight is 427 g/mol. The molecule has 0 saturated heterocycles. The number of amides is 1. The summed E-state index contributed by atoms with van der Waals surface area (Å²) in [7, 11) is -3.87. The van der Waals surface area contributed by atoms with E-state index in [0.29, 0.717) is 17.5 Å². The SMILES string of the molecule is Cc1ccc(S(=O)(=O)N(CC(=O)N[C@@H]2C[C@@H]3CC[C@H]2C3)c2ccc(C)cc2C)cc1. The fourth-order valence-electron chi connectivity index (χ4n) is 5.03. The number of nitrogens with one attached hydrogen (secondary N) is 1. The summed E-state index contributed by atoms with van der Waals surface area (Å²) in [5.41, 5.74) is 3.42. The Morgan fingerprint density at radius 3 is 2.30 bits per heavy atom. The molecule has 2 aliphatic carbocycles. The van der Waals surface area contributed by atoms with Crippen LogP contribution in [0.4, 0.5) is 5.69 Å². The van der Waals surface area contributed by atoms with Crippen LogP contribution in [-0.2, 0) is 14.8 Å². The van der Waals surface area contributed by atoms with Crippen LogP contribution in [0.3, 0.4) is 0 Å². The third kappa shape index (κ3) is 4.10. The molecule has 1 amide bonds. The molecule has 0 heterocycles. The van der Waals surface area contributed by atoms with Crippen molar-refractivity contribution in [3.8, 4) is 0 Å². The average Bonchev–Trinajstić information content (AvgIpc) is 3.30. The monoisotopic (exact) mass is 426 g/mol. The molecule has 30 heavy (non-hydrogen) atoms. The number of hydrogen-bond acceptors (Lipinski definition) is 3. The smallest absolute Gasteiger partial charge is 0.264 e. The number of sulfonamides is 1. The van der Waals surface area contributed by atoms with Gasteiger partial charge in [0, 0.05) is 6.04 Å². The Balaban J connectivity index is 1.63. The number of carbonyl (C=O) groups is 1. The van der Waals surface area contributed by atoms with Crippen molar-refractivity contribution in [2.45, 2.75) is 57.4 Å². The summed E-state index contributed by atoms with van der Waals surface area (Å²) in [6.07, 6.45) is 4.63. The zero-order valence-electron chi connectivity index (χ0n) is 17.9. The fraction of sp³-hybridized carbons (Fsp3) is 0.458. The topological polar surface area (TPSA) is 66.5 Å². The summed E-state index contributed by atoms with van der Waals surface area (Å²) < 4.78 is 28.3. The summed E-state index contributed by atoms with van der Waals surface area (Å²) in [6.45, 7) is 5.56. The van der Waals surface area contributed by atoms with Gasteiger partial charge >= 0.3 is 0 Å². The molecule has 6 heteroatoms. The number of anilines is 1. The number of benzene rings is 2. The van der Waals surface area contributed by atoms with Gasteiger partial charge in [0.15, 0.2) is 0 Å². The number of nitrogens with zero attached hydrogens (tertiary/aromatic N) is 1. The summed E-state index contributed by atoms with van der Waals surface area (Å²) in [5.74, 6) is 1.03. The van der Waals surface area contributed by atoms with Gasteiger partial charge in [0.1, 0.15) is 6.54 Å². The van der Waals surface area contributed by atoms with Crippen LogP contribution in [0.2, 0.25) is 0 Å². The van der Waals surface area contributed by atoms with E-state index < -0.39 is 10.0 Å². The Kier molecular flexibility index (Phi) is 5.62. The van der Waals surface area contributed by atoms with Crippen molar-refractivity contribution in [3.05, 3.63) is 59.2 Å². The van der Waals surface area contributed by atoms with Crippen molar-refractivity contribution >= 4 is 21.6 Å². The van der Waals surface area contributed by atoms with E-state index >= 15 is 0 Å².